The van der Waals surface area contributed by atoms with Crippen molar-refractivity contribution in [2.24, 2.45) is 5.92 Å². The molecule has 2 aromatic rings. The maximum Gasteiger partial charge on any atom is 0.328 e. The summed E-state index contributed by atoms with van der Waals surface area (Å²) in [6.07, 6.45) is 0. The maximum atomic E-state index is 11.7. The molecule has 0 saturated carbocycles. The minimum atomic E-state index is -0.493. The van der Waals surface area contributed by atoms with Crippen LogP contribution in [0.1, 0.15) is 13.8 Å². The molecule has 0 fully saturated rings. The maximum absolute atomic E-state index is 11.7. The number of anilines is 1. The first-order valence-corrected chi connectivity index (χ1v) is 6.05. The molecule has 1 aromatic heterocycles. The van der Waals surface area contributed by atoms with E-state index in [1.54, 1.807) is 0 Å². The zero-order valence-corrected chi connectivity index (χ0v) is 11.1. The van der Waals surface area contributed by atoms with Gasteiger partial charge in [0.15, 0.2) is 0 Å². The number of ether oxygens (including phenoxy) is 1. The lowest BCUT2D eigenvalue weighted by atomic mass is 10.1. The minimum absolute atomic E-state index is 0.0579. The van der Waals surface area contributed by atoms with E-state index in [9.17, 15) is 4.79 Å². The molecule has 1 N–H and O–H groups in total. The number of nitrogens with one attached hydrogen (secondary N) is 1. The average Bonchev–Trinajstić information content (AvgIpc) is 2.43. The molecule has 0 aliphatic heterocycles. The summed E-state index contributed by atoms with van der Waals surface area (Å²) >= 11 is 0. The van der Waals surface area contributed by atoms with Crippen molar-refractivity contribution in [3.63, 3.8) is 0 Å². The van der Waals surface area contributed by atoms with Crippen LogP contribution in [0.4, 0.5) is 5.95 Å². The van der Waals surface area contributed by atoms with E-state index in [1.165, 1.54) is 7.11 Å². The van der Waals surface area contributed by atoms with Crippen LogP contribution in [-0.4, -0.2) is 34.3 Å². The van der Waals surface area contributed by atoms with E-state index in [-0.39, 0.29) is 11.9 Å². The fourth-order valence-corrected chi connectivity index (χ4v) is 1.71. The molecule has 2 rings (SSSR count). The van der Waals surface area contributed by atoms with Gasteiger partial charge in [-0.05, 0) is 18.1 Å². The largest absolute Gasteiger partial charge is 0.467 e. The summed E-state index contributed by atoms with van der Waals surface area (Å²) in [6.45, 7) is 3.84. The van der Waals surface area contributed by atoms with Gasteiger partial charge in [-0.1, -0.05) is 26.0 Å². The first-order chi connectivity index (χ1) is 9.11. The van der Waals surface area contributed by atoms with Crippen molar-refractivity contribution in [2.45, 2.75) is 19.9 Å². The highest BCUT2D eigenvalue weighted by molar-refractivity contribution is 5.79. The van der Waals surface area contributed by atoms with E-state index in [0.717, 1.165) is 5.52 Å². The lowest BCUT2D eigenvalue weighted by molar-refractivity contribution is -0.142. The van der Waals surface area contributed by atoms with Crippen molar-refractivity contribution in [2.75, 3.05) is 12.4 Å². The Morgan fingerprint density at radius 2 is 1.89 bits per heavy atom. The third-order valence-corrected chi connectivity index (χ3v) is 2.77. The van der Waals surface area contributed by atoms with E-state index < -0.39 is 6.04 Å². The van der Waals surface area contributed by atoms with Gasteiger partial charge < -0.3 is 10.1 Å². The highest BCUT2D eigenvalue weighted by Crippen LogP contribution is 2.12. The number of para-hydroxylation sites is 1. The first-order valence-electron chi connectivity index (χ1n) is 6.05. The summed E-state index contributed by atoms with van der Waals surface area (Å²) in [5.41, 5.74) is 1.44. The standard InChI is InChI=1S/C13H16N4O2/c1-8(2)11(12(18)19-3)15-13-14-9-6-4-5-7-10(9)16-17-13/h4-8,11H,1-3H3,(H,14,15,17). The molecule has 0 spiro atoms. The molecule has 0 bridgehead atoms. The molecule has 0 aliphatic carbocycles. The number of benzene rings is 1. The second-order valence-corrected chi connectivity index (χ2v) is 4.51. The summed E-state index contributed by atoms with van der Waals surface area (Å²) in [7, 11) is 1.36. The number of esters is 1. The Bertz CT molecular complexity index is 586. The number of fused-ring (bicyclic) bond motifs is 1. The normalized spacial score (nSPS) is 12.4. The quantitative estimate of drug-likeness (QED) is 0.842. The highest BCUT2D eigenvalue weighted by atomic mass is 16.5. The van der Waals surface area contributed by atoms with E-state index >= 15 is 0 Å². The summed E-state index contributed by atoms with van der Waals surface area (Å²) in [4.78, 5) is 16.0. The van der Waals surface area contributed by atoms with Crippen molar-refractivity contribution in [3.05, 3.63) is 24.3 Å². The Hall–Kier alpha value is -2.24. The number of hydrogen-bond acceptors (Lipinski definition) is 6. The molecule has 1 unspecified atom stereocenters. The van der Waals surface area contributed by atoms with Crippen LogP contribution in [0.2, 0.25) is 0 Å². The lowest BCUT2D eigenvalue weighted by Gasteiger charge is -2.19. The van der Waals surface area contributed by atoms with Gasteiger partial charge in [-0.25, -0.2) is 9.78 Å². The topological polar surface area (TPSA) is 77.0 Å². The van der Waals surface area contributed by atoms with E-state index in [0.29, 0.717) is 11.5 Å². The third kappa shape index (κ3) is 2.96. The number of aromatic nitrogens is 3. The molecule has 6 heteroatoms. The van der Waals surface area contributed by atoms with Gasteiger partial charge in [-0.3, -0.25) is 0 Å². The Kier molecular flexibility index (Phi) is 3.89. The summed E-state index contributed by atoms with van der Waals surface area (Å²) in [5, 5.41) is 11.0. The van der Waals surface area contributed by atoms with E-state index in [2.05, 4.69) is 20.5 Å². The molecular weight excluding hydrogens is 244 g/mol. The van der Waals surface area contributed by atoms with Crippen LogP contribution in [0.25, 0.3) is 11.0 Å². The van der Waals surface area contributed by atoms with Gasteiger partial charge in [0.2, 0.25) is 5.95 Å². The van der Waals surface area contributed by atoms with Gasteiger partial charge in [-0.15, -0.1) is 10.2 Å². The van der Waals surface area contributed by atoms with Gasteiger partial charge in [0, 0.05) is 0 Å². The predicted molar refractivity (Wildman–Crippen MR) is 71.6 cm³/mol. The van der Waals surface area contributed by atoms with Crippen LogP contribution in [0.3, 0.4) is 0 Å². The molecular formula is C13H16N4O2. The Morgan fingerprint density at radius 3 is 2.53 bits per heavy atom. The van der Waals surface area contributed by atoms with E-state index in [1.807, 2.05) is 38.1 Å². The molecule has 0 saturated heterocycles. The van der Waals surface area contributed by atoms with Gasteiger partial charge in [0.25, 0.3) is 0 Å². The second kappa shape index (κ2) is 5.60. The van der Waals surface area contributed by atoms with Crippen LogP contribution in [-0.2, 0) is 9.53 Å². The average molecular weight is 260 g/mol. The van der Waals surface area contributed by atoms with E-state index in [4.69, 9.17) is 4.74 Å². The Morgan fingerprint density at radius 1 is 1.21 bits per heavy atom. The van der Waals surface area contributed by atoms with Gasteiger partial charge in [0.1, 0.15) is 11.6 Å². The Labute approximate surface area is 111 Å². The van der Waals surface area contributed by atoms with Crippen LogP contribution in [0.5, 0.6) is 0 Å². The van der Waals surface area contributed by atoms with Crippen molar-refractivity contribution in [3.8, 4) is 0 Å². The SMILES string of the molecule is COC(=O)C(Nc1nnc2ccccc2n1)C(C)C. The number of carbonyl (C=O) groups excluding carboxylic acids is 1. The highest BCUT2D eigenvalue weighted by Gasteiger charge is 2.23. The minimum Gasteiger partial charge on any atom is -0.467 e. The number of rotatable bonds is 4. The number of nitrogens with zero attached hydrogens (tertiary/aromatic N) is 3. The smallest absolute Gasteiger partial charge is 0.328 e. The fourth-order valence-electron chi connectivity index (χ4n) is 1.71. The zero-order valence-electron chi connectivity index (χ0n) is 11.1. The molecule has 1 heterocycles. The summed E-state index contributed by atoms with van der Waals surface area (Å²) in [6, 6.07) is 6.93. The predicted octanol–water partition coefficient (Wildman–Crippen LogP) is 1.63. The molecule has 1 atom stereocenters. The molecule has 1 aromatic carbocycles. The molecule has 19 heavy (non-hydrogen) atoms. The van der Waals surface area contributed by atoms with Crippen LogP contribution in [0, 0.1) is 5.92 Å². The fraction of sp³-hybridized carbons (Fsp3) is 0.385. The summed E-state index contributed by atoms with van der Waals surface area (Å²) in [5.74, 6) is 0.0390. The first kappa shape index (κ1) is 13.2. The van der Waals surface area contributed by atoms with Crippen LogP contribution >= 0.6 is 0 Å². The Balaban J connectivity index is 2.26. The van der Waals surface area contributed by atoms with Crippen molar-refractivity contribution in [1.29, 1.82) is 0 Å². The number of carbonyl (C=O) groups is 1. The van der Waals surface area contributed by atoms with Crippen LogP contribution in [0.15, 0.2) is 24.3 Å². The molecule has 100 valence electrons. The second-order valence-electron chi connectivity index (χ2n) is 4.51. The summed E-state index contributed by atoms with van der Waals surface area (Å²) < 4.78 is 4.76. The van der Waals surface area contributed by atoms with Crippen LogP contribution < -0.4 is 5.32 Å². The van der Waals surface area contributed by atoms with Gasteiger partial charge >= 0.3 is 5.97 Å². The van der Waals surface area contributed by atoms with Crippen molar-refractivity contribution in [1.82, 2.24) is 15.2 Å². The van der Waals surface area contributed by atoms with Crippen molar-refractivity contribution >= 4 is 23.0 Å². The monoisotopic (exact) mass is 260 g/mol. The van der Waals surface area contributed by atoms with Crippen molar-refractivity contribution < 1.29 is 9.53 Å². The number of hydrogen-bond donors (Lipinski definition) is 1. The molecule has 0 aliphatic rings. The zero-order chi connectivity index (χ0) is 13.8. The third-order valence-electron chi connectivity index (χ3n) is 2.77. The van der Waals surface area contributed by atoms with Gasteiger partial charge in [-0.2, -0.15) is 0 Å². The lowest BCUT2D eigenvalue weighted by Crippen LogP contribution is -2.36. The molecule has 0 amide bonds. The van der Waals surface area contributed by atoms with Gasteiger partial charge in [0.05, 0.1) is 12.6 Å². The number of methoxy groups -OCH3 is 1. The molecule has 0 radical (unpaired) electrons. The molecule has 6 nitrogen and oxygen atoms in total.